The molecule has 0 unspecified atom stereocenters. The van der Waals surface area contributed by atoms with Crippen LogP contribution in [0, 0.1) is 0 Å². The molecular formula is C11H10ClF2NO. The first-order valence-corrected chi connectivity index (χ1v) is 5.00. The maximum Gasteiger partial charge on any atom is 0.310 e. The Balaban J connectivity index is 2.84. The predicted octanol–water partition coefficient (Wildman–Crippen LogP) is 3.52. The minimum Gasteiger partial charge on any atom is -0.287 e. The molecule has 0 spiro atoms. The van der Waals surface area contributed by atoms with E-state index in [0.717, 1.165) is 6.20 Å². The maximum absolute atomic E-state index is 13.3. The summed E-state index contributed by atoms with van der Waals surface area (Å²) in [5, 5.41) is 0.158. The van der Waals surface area contributed by atoms with Crippen LogP contribution in [0.5, 0.6) is 0 Å². The molecule has 16 heavy (non-hydrogen) atoms. The quantitative estimate of drug-likeness (QED) is 0.451. The Hall–Kier alpha value is -1.29. The monoisotopic (exact) mass is 245 g/mol. The van der Waals surface area contributed by atoms with Crippen LogP contribution in [0.3, 0.4) is 0 Å². The molecule has 0 aliphatic heterocycles. The van der Waals surface area contributed by atoms with Gasteiger partial charge in [-0.2, -0.15) is 8.78 Å². The summed E-state index contributed by atoms with van der Waals surface area (Å²) >= 11 is 5.49. The molecule has 0 fully saturated rings. The molecule has 1 heterocycles. The number of Topliss-reactive ketones (excluding diaryl/α,β-unsaturated/α-hetero) is 1. The second-order valence-electron chi connectivity index (χ2n) is 3.23. The van der Waals surface area contributed by atoms with Crippen molar-refractivity contribution in [3.8, 4) is 0 Å². The van der Waals surface area contributed by atoms with Gasteiger partial charge >= 0.3 is 5.92 Å². The van der Waals surface area contributed by atoms with Gasteiger partial charge in [-0.05, 0) is 18.6 Å². The molecule has 0 saturated heterocycles. The second-order valence-corrected chi connectivity index (χ2v) is 3.62. The van der Waals surface area contributed by atoms with Crippen molar-refractivity contribution in [2.24, 2.45) is 0 Å². The van der Waals surface area contributed by atoms with Gasteiger partial charge in [-0.3, -0.25) is 4.79 Å². The number of aromatic nitrogens is 1. The number of carbonyl (C=O) groups excluding carboxylic acids is 1. The molecule has 86 valence electrons. The topological polar surface area (TPSA) is 30.0 Å². The van der Waals surface area contributed by atoms with Gasteiger partial charge < -0.3 is 0 Å². The molecule has 1 rings (SSSR count). The minimum atomic E-state index is -3.39. The third kappa shape index (κ3) is 3.10. The highest BCUT2D eigenvalue weighted by atomic mass is 35.5. The normalized spacial score (nSPS) is 11.2. The Morgan fingerprint density at radius 1 is 1.56 bits per heavy atom. The van der Waals surface area contributed by atoms with Crippen LogP contribution in [0.25, 0.3) is 0 Å². The standard InChI is InChI=1S/C11H10ClF2NO/c1-2-3-6-11(13,14)10(16)8-4-5-9(12)15-7-8/h2,4-5,7H,1,3,6H2. The van der Waals surface area contributed by atoms with E-state index in [2.05, 4.69) is 11.6 Å². The van der Waals surface area contributed by atoms with Gasteiger partial charge in [0.15, 0.2) is 0 Å². The van der Waals surface area contributed by atoms with Crippen molar-refractivity contribution >= 4 is 17.4 Å². The van der Waals surface area contributed by atoms with E-state index in [-0.39, 0.29) is 17.1 Å². The predicted molar refractivity (Wildman–Crippen MR) is 58.0 cm³/mol. The molecule has 1 aromatic heterocycles. The number of pyridine rings is 1. The summed E-state index contributed by atoms with van der Waals surface area (Å²) in [6.45, 7) is 3.33. The van der Waals surface area contributed by atoms with Crippen molar-refractivity contribution in [1.82, 2.24) is 4.98 Å². The molecule has 5 heteroatoms. The van der Waals surface area contributed by atoms with E-state index < -0.39 is 18.1 Å². The Bertz CT molecular complexity index is 389. The smallest absolute Gasteiger partial charge is 0.287 e. The Kier molecular flexibility index (Phi) is 4.12. The highest BCUT2D eigenvalue weighted by molar-refractivity contribution is 6.29. The van der Waals surface area contributed by atoms with Crippen molar-refractivity contribution in [3.05, 3.63) is 41.7 Å². The van der Waals surface area contributed by atoms with Gasteiger partial charge in [0, 0.05) is 18.2 Å². The summed E-state index contributed by atoms with van der Waals surface area (Å²) in [4.78, 5) is 15.0. The van der Waals surface area contributed by atoms with Crippen LogP contribution >= 0.6 is 11.6 Å². The first-order valence-electron chi connectivity index (χ1n) is 4.62. The fraction of sp³-hybridized carbons (Fsp3) is 0.273. The Labute approximate surface area is 96.9 Å². The van der Waals surface area contributed by atoms with Gasteiger partial charge in [-0.1, -0.05) is 17.7 Å². The van der Waals surface area contributed by atoms with E-state index in [1.807, 2.05) is 0 Å². The summed E-state index contributed by atoms with van der Waals surface area (Å²) in [6.07, 6.45) is 1.94. The molecule has 0 atom stereocenters. The van der Waals surface area contributed by atoms with Crippen LogP contribution in [0.2, 0.25) is 5.15 Å². The second kappa shape index (κ2) is 5.16. The zero-order valence-electron chi connectivity index (χ0n) is 8.42. The van der Waals surface area contributed by atoms with Crippen molar-refractivity contribution < 1.29 is 13.6 Å². The van der Waals surface area contributed by atoms with Gasteiger partial charge in [-0.15, -0.1) is 6.58 Å². The summed E-state index contributed by atoms with van der Waals surface area (Å²) in [7, 11) is 0. The zero-order chi connectivity index (χ0) is 12.2. The number of nitrogens with zero attached hydrogens (tertiary/aromatic N) is 1. The molecule has 0 radical (unpaired) electrons. The fourth-order valence-electron chi connectivity index (χ4n) is 1.12. The number of rotatable bonds is 5. The number of allylic oxidation sites excluding steroid dienone is 1. The Morgan fingerprint density at radius 2 is 2.25 bits per heavy atom. The van der Waals surface area contributed by atoms with Gasteiger partial charge in [0.25, 0.3) is 0 Å². The molecule has 0 bridgehead atoms. The molecule has 0 aromatic carbocycles. The van der Waals surface area contributed by atoms with Crippen LogP contribution in [-0.4, -0.2) is 16.7 Å². The van der Waals surface area contributed by atoms with Crippen LogP contribution in [0.4, 0.5) is 8.78 Å². The lowest BCUT2D eigenvalue weighted by molar-refractivity contribution is 0.00556. The Morgan fingerprint density at radius 3 is 2.75 bits per heavy atom. The van der Waals surface area contributed by atoms with Crippen LogP contribution in [-0.2, 0) is 0 Å². The van der Waals surface area contributed by atoms with E-state index in [4.69, 9.17) is 11.6 Å². The molecule has 1 aromatic rings. The highest BCUT2D eigenvalue weighted by Gasteiger charge is 2.38. The lowest BCUT2D eigenvalue weighted by Gasteiger charge is -2.13. The van der Waals surface area contributed by atoms with Crippen molar-refractivity contribution in [2.75, 3.05) is 0 Å². The number of carbonyl (C=O) groups is 1. The number of hydrogen-bond donors (Lipinski definition) is 0. The third-order valence-electron chi connectivity index (χ3n) is 1.98. The number of hydrogen-bond acceptors (Lipinski definition) is 2. The van der Waals surface area contributed by atoms with Crippen LogP contribution in [0.1, 0.15) is 23.2 Å². The number of alkyl halides is 2. The lowest BCUT2D eigenvalue weighted by atomic mass is 10.0. The van der Waals surface area contributed by atoms with E-state index in [9.17, 15) is 13.6 Å². The van der Waals surface area contributed by atoms with Gasteiger partial charge in [-0.25, -0.2) is 4.98 Å². The SMILES string of the molecule is C=CCCC(F)(F)C(=O)c1ccc(Cl)nc1. The van der Waals surface area contributed by atoms with Crippen molar-refractivity contribution in [2.45, 2.75) is 18.8 Å². The molecule has 0 aliphatic rings. The molecule has 2 nitrogen and oxygen atoms in total. The largest absolute Gasteiger partial charge is 0.310 e. The minimum absolute atomic E-state index is 0.0831. The highest BCUT2D eigenvalue weighted by Crippen LogP contribution is 2.25. The first kappa shape index (κ1) is 12.8. The maximum atomic E-state index is 13.3. The number of halogens is 3. The number of ketones is 1. The summed E-state index contributed by atoms with van der Waals surface area (Å²) in [5.41, 5.74) is -0.140. The van der Waals surface area contributed by atoms with E-state index in [0.29, 0.717) is 0 Å². The molecular weight excluding hydrogens is 236 g/mol. The summed E-state index contributed by atoms with van der Waals surface area (Å²) < 4.78 is 26.7. The average molecular weight is 246 g/mol. The van der Waals surface area contributed by atoms with E-state index >= 15 is 0 Å². The first-order chi connectivity index (χ1) is 7.47. The molecule has 0 aliphatic carbocycles. The van der Waals surface area contributed by atoms with Gasteiger partial charge in [0.2, 0.25) is 5.78 Å². The van der Waals surface area contributed by atoms with Gasteiger partial charge in [0.1, 0.15) is 5.15 Å². The van der Waals surface area contributed by atoms with Gasteiger partial charge in [0.05, 0.1) is 0 Å². The van der Waals surface area contributed by atoms with E-state index in [1.54, 1.807) is 0 Å². The van der Waals surface area contributed by atoms with Crippen molar-refractivity contribution in [1.29, 1.82) is 0 Å². The fourth-order valence-corrected chi connectivity index (χ4v) is 1.23. The van der Waals surface area contributed by atoms with E-state index in [1.165, 1.54) is 18.2 Å². The summed E-state index contributed by atoms with van der Waals surface area (Å²) in [6, 6.07) is 2.54. The molecule has 0 saturated carbocycles. The zero-order valence-corrected chi connectivity index (χ0v) is 9.18. The third-order valence-corrected chi connectivity index (χ3v) is 2.21. The summed E-state index contributed by atoms with van der Waals surface area (Å²) in [5.74, 6) is -4.62. The van der Waals surface area contributed by atoms with Crippen LogP contribution in [0.15, 0.2) is 31.0 Å². The van der Waals surface area contributed by atoms with Crippen molar-refractivity contribution in [3.63, 3.8) is 0 Å². The van der Waals surface area contributed by atoms with Crippen LogP contribution < -0.4 is 0 Å². The lowest BCUT2D eigenvalue weighted by Crippen LogP contribution is -2.28. The average Bonchev–Trinajstić information content (AvgIpc) is 2.26. The molecule has 0 N–H and O–H groups in total. The molecule has 0 amide bonds.